The van der Waals surface area contributed by atoms with Crippen molar-refractivity contribution < 1.29 is 27.3 Å². The minimum absolute atomic E-state index is 0. The number of hydrogen-bond donors (Lipinski definition) is 0. The van der Waals surface area contributed by atoms with E-state index in [9.17, 15) is 0 Å². The van der Waals surface area contributed by atoms with E-state index in [1.807, 2.05) is 6.92 Å². The van der Waals surface area contributed by atoms with E-state index in [-0.39, 0.29) is 44.3 Å². The molecule has 2 heteroatoms. The van der Waals surface area contributed by atoms with Crippen molar-refractivity contribution in [1.29, 1.82) is 0 Å². The van der Waals surface area contributed by atoms with Crippen LogP contribution in [0.3, 0.4) is 0 Å². The summed E-state index contributed by atoms with van der Waals surface area (Å²) in [6.45, 7) is 5.50. The first-order valence-electron chi connectivity index (χ1n) is 1.21. The fourth-order valence-electron chi connectivity index (χ4n) is 0. The van der Waals surface area contributed by atoms with E-state index in [1.54, 1.807) is 0 Å². The molecule has 0 aromatic carbocycles. The molecule has 0 unspecified atom stereocenters. The van der Waals surface area contributed by atoms with Gasteiger partial charge in [-0.05, 0) is 0 Å². The second kappa shape index (κ2) is 18.1. The molecule has 0 saturated heterocycles. The van der Waals surface area contributed by atoms with Gasteiger partial charge in [-0.15, -0.1) is 17.0 Å². The number of hydrogen-bond acceptors (Lipinski definition) is 0. The molecule has 0 aromatic heterocycles. The van der Waals surface area contributed by atoms with Gasteiger partial charge in [0, 0.05) is 27.3 Å². The third-order valence-corrected chi connectivity index (χ3v) is 0. The monoisotopic (exact) mass is 237 g/mol. The molecule has 0 atom stereocenters. The van der Waals surface area contributed by atoms with Crippen molar-refractivity contribution in [3.63, 3.8) is 0 Å². The first-order chi connectivity index (χ1) is 1.41. The van der Waals surface area contributed by atoms with Crippen LogP contribution in [0.5, 0.6) is 0 Å². The molecule has 0 nitrogen and oxygen atoms in total. The zero-order valence-corrected chi connectivity index (χ0v) is 9.28. The molecule has 0 amide bonds. The van der Waals surface area contributed by atoms with Crippen LogP contribution in [0.1, 0.15) is 13.3 Å². The van der Waals surface area contributed by atoms with Gasteiger partial charge in [0.1, 0.15) is 0 Å². The van der Waals surface area contributed by atoms with Gasteiger partial charge in [0.2, 0.25) is 0 Å². The molecule has 5 heavy (non-hydrogen) atoms. The van der Waals surface area contributed by atoms with Crippen molar-refractivity contribution in [3.8, 4) is 0 Å². The maximum absolute atomic E-state index is 3.49. The average molecular weight is 236 g/mol. The summed E-state index contributed by atoms with van der Waals surface area (Å²) in [6.07, 6.45) is 1.00. The SMILES string of the molecule is Br.[CH2-]CC.[Cd]. The second-order valence-corrected chi connectivity index (χ2v) is 0.500. The van der Waals surface area contributed by atoms with Gasteiger partial charge in [-0.1, -0.05) is 6.92 Å². The molecule has 0 heterocycles. The molecule has 30 valence electrons. The molecule has 0 saturated carbocycles. The molecule has 0 spiro atoms. The van der Waals surface area contributed by atoms with Crippen LogP contribution in [-0.4, -0.2) is 0 Å². The van der Waals surface area contributed by atoms with Gasteiger partial charge < -0.3 is 6.92 Å². The van der Waals surface area contributed by atoms with E-state index < -0.39 is 0 Å². The van der Waals surface area contributed by atoms with E-state index in [0.29, 0.717) is 0 Å². The third-order valence-electron chi connectivity index (χ3n) is 0. The minimum Gasteiger partial charge on any atom is -0.344 e. The van der Waals surface area contributed by atoms with Gasteiger partial charge >= 0.3 is 0 Å². The van der Waals surface area contributed by atoms with Crippen molar-refractivity contribution >= 4 is 17.0 Å². The van der Waals surface area contributed by atoms with Crippen molar-refractivity contribution in [3.05, 3.63) is 6.92 Å². The summed E-state index contributed by atoms with van der Waals surface area (Å²) in [6, 6.07) is 0. The van der Waals surface area contributed by atoms with Crippen LogP contribution >= 0.6 is 17.0 Å². The summed E-state index contributed by atoms with van der Waals surface area (Å²) >= 11 is 0. The molecule has 0 bridgehead atoms. The quantitative estimate of drug-likeness (QED) is 0.444. The largest absolute Gasteiger partial charge is 0.344 e. The smallest absolute Gasteiger partial charge is 0 e. The standard InChI is InChI=1S/C3H7.BrH.Cd/c1-3-2;;/h1,3H2,2H3;1H;/q-1;;. The van der Waals surface area contributed by atoms with E-state index in [0.717, 1.165) is 6.42 Å². The maximum Gasteiger partial charge on any atom is 0 e. The summed E-state index contributed by atoms with van der Waals surface area (Å²) in [7, 11) is 0. The predicted octanol–water partition coefficient (Wildman–Crippen LogP) is 1.81. The first-order valence-corrected chi connectivity index (χ1v) is 1.21. The van der Waals surface area contributed by atoms with Crippen molar-refractivity contribution in [2.45, 2.75) is 13.3 Å². The predicted molar refractivity (Wildman–Crippen MR) is 26.0 cm³/mol. The van der Waals surface area contributed by atoms with Gasteiger partial charge in [-0.25, -0.2) is 0 Å². The molecule has 0 aliphatic carbocycles. The van der Waals surface area contributed by atoms with Crippen LogP contribution in [0.25, 0.3) is 0 Å². The molecular weight excluding hydrogens is 228 g/mol. The number of rotatable bonds is 0. The summed E-state index contributed by atoms with van der Waals surface area (Å²) in [5.74, 6) is 0. The Hall–Kier alpha value is 1.40. The third kappa shape index (κ3) is 31.8. The molecule has 0 aromatic rings. The fraction of sp³-hybridized carbons (Fsp3) is 0.667. The summed E-state index contributed by atoms with van der Waals surface area (Å²) in [5, 5.41) is 0. The van der Waals surface area contributed by atoms with Crippen LogP contribution in [0.2, 0.25) is 0 Å². The van der Waals surface area contributed by atoms with Crippen LogP contribution in [0.15, 0.2) is 0 Å². The van der Waals surface area contributed by atoms with Crippen LogP contribution in [-0.2, 0) is 27.3 Å². The average Bonchev–Trinajstić information content (AvgIpc) is 0.918. The first kappa shape index (κ1) is 16.1. The van der Waals surface area contributed by atoms with Gasteiger partial charge in [0.25, 0.3) is 0 Å². The Bertz CT molecular complexity index is 6.85. The van der Waals surface area contributed by atoms with Crippen LogP contribution in [0.4, 0.5) is 0 Å². The normalized spacial score (nSPS) is 3.60. The number of halogens is 1. The zero-order chi connectivity index (χ0) is 2.71. The Balaban J connectivity index is -0.0000000200. The second-order valence-electron chi connectivity index (χ2n) is 0.500. The Morgan fingerprint density at radius 2 is 1.60 bits per heavy atom. The van der Waals surface area contributed by atoms with Gasteiger partial charge in [0.15, 0.2) is 0 Å². The Labute approximate surface area is 64.3 Å². The zero-order valence-electron chi connectivity index (χ0n) is 3.53. The van der Waals surface area contributed by atoms with Crippen LogP contribution < -0.4 is 0 Å². The van der Waals surface area contributed by atoms with Gasteiger partial charge in [-0.3, -0.25) is 0 Å². The van der Waals surface area contributed by atoms with Gasteiger partial charge in [-0.2, -0.15) is 6.42 Å². The molecule has 0 rings (SSSR count). The summed E-state index contributed by atoms with van der Waals surface area (Å²) in [5.41, 5.74) is 0. The van der Waals surface area contributed by atoms with Crippen molar-refractivity contribution in [2.75, 3.05) is 0 Å². The van der Waals surface area contributed by atoms with Crippen LogP contribution in [0, 0.1) is 6.92 Å². The summed E-state index contributed by atoms with van der Waals surface area (Å²) in [4.78, 5) is 0. The summed E-state index contributed by atoms with van der Waals surface area (Å²) < 4.78 is 0. The molecular formula is C3H8BrCd-. The van der Waals surface area contributed by atoms with Crippen molar-refractivity contribution in [1.82, 2.24) is 0 Å². The van der Waals surface area contributed by atoms with E-state index in [2.05, 4.69) is 6.92 Å². The maximum atomic E-state index is 3.49. The Morgan fingerprint density at radius 3 is 1.60 bits per heavy atom. The molecule has 0 aliphatic heterocycles. The molecule has 0 fully saturated rings. The molecule has 0 aliphatic rings. The fourth-order valence-corrected chi connectivity index (χ4v) is 0. The van der Waals surface area contributed by atoms with Gasteiger partial charge in [0.05, 0.1) is 0 Å². The van der Waals surface area contributed by atoms with Crippen molar-refractivity contribution in [2.24, 2.45) is 0 Å². The Morgan fingerprint density at radius 1 is 1.60 bits per heavy atom. The topological polar surface area (TPSA) is 0 Å². The molecule has 0 radical (unpaired) electrons. The van der Waals surface area contributed by atoms with E-state index in [1.165, 1.54) is 0 Å². The minimum atomic E-state index is 0. The van der Waals surface area contributed by atoms with E-state index in [4.69, 9.17) is 0 Å². The van der Waals surface area contributed by atoms with E-state index >= 15 is 0 Å². The molecule has 0 N–H and O–H groups in total. The Kier molecular flexibility index (Phi) is 58.6.